The van der Waals surface area contributed by atoms with Crippen LogP contribution in [0.25, 0.3) is 0 Å². The summed E-state index contributed by atoms with van der Waals surface area (Å²) in [5.74, 6) is -0.254. The highest BCUT2D eigenvalue weighted by molar-refractivity contribution is 7.03. The van der Waals surface area contributed by atoms with Crippen molar-refractivity contribution in [1.82, 2.24) is 9.59 Å². The number of rotatable bonds is 3. The van der Waals surface area contributed by atoms with Gasteiger partial charge in [-0.15, -0.1) is 5.10 Å². The number of hydrogen-bond donors (Lipinski definition) is 1. The first kappa shape index (κ1) is 9.08. The van der Waals surface area contributed by atoms with Gasteiger partial charge in [0.15, 0.2) is 0 Å². The smallest absolute Gasteiger partial charge is 0.146 e. The number of hydrogen-bond acceptors (Lipinski definition) is 4. The van der Waals surface area contributed by atoms with E-state index in [0.717, 1.165) is 5.69 Å². The molecule has 2 rings (SSSR count). The fourth-order valence-electron chi connectivity index (χ4n) is 1.05. The topological polar surface area (TPSA) is 37.8 Å². The summed E-state index contributed by atoms with van der Waals surface area (Å²) in [4.78, 5) is 0. The van der Waals surface area contributed by atoms with Gasteiger partial charge in [-0.05, 0) is 23.7 Å². The molecule has 1 aromatic carbocycles. The molecule has 0 saturated carbocycles. The summed E-state index contributed by atoms with van der Waals surface area (Å²) < 4.78 is 16.8. The predicted octanol–water partition coefficient (Wildman–Crippen LogP) is 2.29. The zero-order chi connectivity index (χ0) is 9.80. The van der Waals surface area contributed by atoms with Crippen LogP contribution < -0.4 is 5.32 Å². The van der Waals surface area contributed by atoms with Crippen LogP contribution in [-0.2, 0) is 6.54 Å². The first-order chi connectivity index (χ1) is 6.86. The molecule has 72 valence electrons. The number of nitrogens with zero attached hydrogens (tertiary/aromatic N) is 2. The highest BCUT2D eigenvalue weighted by atomic mass is 32.1. The van der Waals surface area contributed by atoms with Crippen LogP contribution in [0.15, 0.2) is 29.6 Å². The lowest BCUT2D eigenvalue weighted by atomic mass is 10.3. The number of anilines is 1. The second-order valence-corrected chi connectivity index (χ2v) is 3.34. The molecule has 0 bridgehead atoms. The van der Waals surface area contributed by atoms with Gasteiger partial charge >= 0.3 is 0 Å². The average Bonchev–Trinajstić information content (AvgIpc) is 2.69. The van der Waals surface area contributed by atoms with E-state index in [1.807, 2.05) is 5.38 Å². The molecule has 1 aromatic heterocycles. The molecule has 0 aliphatic rings. The molecular formula is C9H8FN3S. The van der Waals surface area contributed by atoms with Gasteiger partial charge in [0.1, 0.15) is 5.82 Å². The maximum Gasteiger partial charge on any atom is 0.146 e. The Morgan fingerprint density at radius 1 is 1.36 bits per heavy atom. The third-order valence-electron chi connectivity index (χ3n) is 1.74. The SMILES string of the molecule is Fc1ccccc1NCc1csnn1. The van der Waals surface area contributed by atoms with E-state index in [2.05, 4.69) is 14.9 Å². The van der Waals surface area contributed by atoms with Crippen molar-refractivity contribution in [2.45, 2.75) is 6.54 Å². The van der Waals surface area contributed by atoms with Crippen molar-refractivity contribution < 1.29 is 4.39 Å². The maximum absolute atomic E-state index is 13.1. The molecule has 0 amide bonds. The van der Waals surface area contributed by atoms with E-state index in [1.165, 1.54) is 17.6 Å². The standard InChI is InChI=1S/C9H8FN3S/c10-8-3-1-2-4-9(8)11-5-7-6-14-13-12-7/h1-4,6,11H,5H2. The number of halogens is 1. The molecule has 0 unspecified atom stereocenters. The van der Waals surface area contributed by atoms with Crippen molar-refractivity contribution in [2.75, 3.05) is 5.32 Å². The van der Waals surface area contributed by atoms with Gasteiger partial charge in [-0.2, -0.15) is 0 Å². The molecule has 14 heavy (non-hydrogen) atoms. The second kappa shape index (κ2) is 4.15. The predicted molar refractivity (Wildman–Crippen MR) is 53.6 cm³/mol. The van der Waals surface area contributed by atoms with Gasteiger partial charge in [0.25, 0.3) is 0 Å². The van der Waals surface area contributed by atoms with Crippen molar-refractivity contribution in [3.63, 3.8) is 0 Å². The highest BCUT2D eigenvalue weighted by Crippen LogP contribution is 2.13. The van der Waals surface area contributed by atoms with Crippen molar-refractivity contribution in [2.24, 2.45) is 0 Å². The maximum atomic E-state index is 13.1. The molecule has 0 saturated heterocycles. The molecule has 5 heteroatoms. The van der Waals surface area contributed by atoms with Crippen LogP contribution in [0.5, 0.6) is 0 Å². The van der Waals surface area contributed by atoms with E-state index in [0.29, 0.717) is 12.2 Å². The molecule has 0 spiro atoms. The van der Waals surface area contributed by atoms with E-state index in [9.17, 15) is 4.39 Å². The van der Waals surface area contributed by atoms with E-state index < -0.39 is 0 Å². The fraction of sp³-hybridized carbons (Fsp3) is 0.111. The summed E-state index contributed by atoms with van der Waals surface area (Å²) in [5.41, 5.74) is 1.30. The summed E-state index contributed by atoms with van der Waals surface area (Å²) in [6, 6.07) is 6.55. The van der Waals surface area contributed by atoms with Gasteiger partial charge in [-0.1, -0.05) is 16.6 Å². The number of benzene rings is 1. The van der Waals surface area contributed by atoms with Gasteiger partial charge in [0.2, 0.25) is 0 Å². The second-order valence-electron chi connectivity index (χ2n) is 2.73. The minimum atomic E-state index is -0.254. The molecule has 0 fully saturated rings. The van der Waals surface area contributed by atoms with E-state index in [4.69, 9.17) is 0 Å². The van der Waals surface area contributed by atoms with Crippen LogP contribution in [0.4, 0.5) is 10.1 Å². The van der Waals surface area contributed by atoms with Crippen molar-refractivity contribution in [3.05, 3.63) is 41.2 Å². The van der Waals surface area contributed by atoms with E-state index in [-0.39, 0.29) is 5.82 Å². The molecule has 0 atom stereocenters. The van der Waals surface area contributed by atoms with Crippen LogP contribution in [0, 0.1) is 5.82 Å². The van der Waals surface area contributed by atoms with E-state index in [1.54, 1.807) is 18.2 Å². The van der Waals surface area contributed by atoms with Crippen LogP contribution in [-0.4, -0.2) is 9.59 Å². The Labute approximate surface area is 84.8 Å². The van der Waals surface area contributed by atoms with Crippen molar-refractivity contribution in [1.29, 1.82) is 0 Å². The summed E-state index contributed by atoms with van der Waals surface area (Å²) in [6.45, 7) is 0.497. The Morgan fingerprint density at radius 2 is 2.21 bits per heavy atom. The lowest BCUT2D eigenvalue weighted by Crippen LogP contribution is -2.01. The van der Waals surface area contributed by atoms with E-state index >= 15 is 0 Å². The quantitative estimate of drug-likeness (QED) is 0.842. The van der Waals surface area contributed by atoms with Crippen LogP contribution >= 0.6 is 11.5 Å². The Morgan fingerprint density at radius 3 is 2.93 bits per heavy atom. The lowest BCUT2D eigenvalue weighted by molar-refractivity contribution is 0.630. The zero-order valence-corrected chi connectivity index (χ0v) is 8.09. The van der Waals surface area contributed by atoms with Crippen LogP contribution in [0.1, 0.15) is 5.69 Å². The number of para-hydroxylation sites is 1. The third-order valence-corrected chi connectivity index (χ3v) is 2.29. The number of nitrogens with one attached hydrogen (secondary N) is 1. The Hall–Kier alpha value is -1.49. The zero-order valence-electron chi connectivity index (χ0n) is 7.27. The van der Waals surface area contributed by atoms with Gasteiger partial charge < -0.3 is 5.32 Å². The summed E-state index contributed by atoms with van der Waals surface area (Å²) in [5, 5.41) is 8.62. The minimum absolute atomic E-state index is 0.254. The molecule has 1 heterocycles. The first-order valence-electron chi connectivity index (χ1n) is 4.10. The average molecular weight is 209 g/mol. The van der Waals surface area contributed by atoms with Gasteiger partial charge in [-0.25, -0.2) is 4.39 Å². The Kier molecular flexibility index (Phi) is 2.69. The fourth-order valence-corrected chi connectivity index (χ4v) is 1.50. The first-order valence-corrected chi connectivity index (χ1v) is 4.94. The molecule has 0 aliphatic carbocycles. The summed E-state index contributed by atoms with van der Waals surface area (Å²) >= 11 is 1.28. The lowest BCUT2D eigenvalue weighted by Gasteiger charge is -2.04. The third kappa shape index (κ3) is 2.05. The van der Waals surface area contributed by atoms with Crippen LogP contribution in [0.2, 0.25) is 0 Å². The monoisotopic (exact) mass is 209 g/mol. The Balaban J connectivity index is 2.02. The minimum Gasteiger partial charge on any atom is -0.377 e. The van der Waals surface area contributed by atoms with Gasteiger partial charge in [-0.3, -0.25) is 0 Å². The molecule has 1 N–H and O–H groups in total. The summed E-state index contributed by atoms with van der Waals surface area (Å²) in [7, 11) is 0. The molecule has 2 aromatic rings. The highest BCUT2D eigenvalue weighted by Gasteiger charge is 2.00. The van der Waals surface area contributed by atoms with Gasteiger partial charge in [0.05, 0.1) is 17.9 Å². The molecule has 3 nitrogen and oxygen atoms in total. The number of aromatic nitrogens is 2. The molecular weight excluding hydrogens is 201 g/mol. The largest absolute Gasteiger partial charge is 0.377 e. The van der Waals surface area contributed by atoms with Crippen molar-refractivity contribution in [3.8, 4) is 0 Å². The van der Waals surface area contributed by atoms with Gasteiger partial charge in [0, 0.05) is 5.38 Å². The van der Waals surface area contributed by atoms with Crippen molar-refractivity contribution >= 4 is 17.2 Å². The Bertz CT molecular complexity index is 402. The normalized spacial score (nSPS) is 10.1. The summed E-state index contributed by atoms with van der Waals surface area (Å²) in [6.07, 6.45) is 0. The molecule has 0 aliphatic heterocycles. The van der Waals surface area contributed by atoms with Crippen LogP contribution in [0.3, 0.4) is 0 Å². The molecule has 0 radical (unpaired) electrons.